The molecule has 0 radical (unpaired) electrons. The summed E-state index contributed by atoms with van der Waals surface area (Å²) >= 11 is 0. The SMILES string of the molecule is O=C(C=Cc1ccccc1[N+](=O)[O-])NC1CCCCC1O. The van der Waals surface area contributed by atoms with Gasteiger partial charge >= 0.3 is 0 Å². The molecule has 112 valence electrons. The molecule has 6 nitrogen and oxygen atoms in total. The van der Waals surface area contributed by atoms with E-state index in [-0.39, 0.29) is 17.6 Å². The summed E-state index contributed by atoms with van der Waals surface area (Å²) in [6, 6.07) is 5.99. The lowest BCUT2D eigenvalue weighted by Gasteiger charge is -2.27. The van der Waals surface area contributed by atoms with Crippen molar-refractivity contribution in [1.82, 2.24) is 5.32 Å². The molecule has 2 unspecified atom stereocenters. The van der Waals surface area contributed by atoms with E-state index < -0.39 is 11.0 Å². The van der Waals surface area contributed by atoms with Gasteiger partial charge in [0.1, 0.15) is 0 Å². The van der Waals surface area contributed by atoms with Crippen molar-refractivity contribution in [1.29, 1.82) is 0 Å². The topological polar surface area (TPSA) is 92.5 Å². The average Bonchev–Trinajstić information content (AvgIpc) is 2.48. The van der Waals surface area contributed by atoms with Crippen molar-refractivity contribution in [2.24, 2.45) is 0 Å². The maximum atomic E-state index is 11.8. The van der Waals surface area contributed by atoms with Gasteiger partial charge in [-0.25, -0.2) is 0 Å². The highest BCUT2D eigenvalue weighted by Crippen LogP contribution is 2.20. The van der Waals surface area contributed by atoms with E-state index in [2.05, 4.69) is 5.32 Å². The van der Waals surface area contributed by atoms with E-state index in [1.807, 2.05) is 0 Å². The zero-order valence-electron chi connectivity index (χ0n) is 11.6. The highest BCUT2D eigenvalue weighted by atomic mass is 16.6. The summed E-state index contributed by atoms with van der Waals surface area (Å²) in [5.41, 5.74) is 0.334. The molecule has 2 atom stereocenters. The molecule has 6 heteroatoms. The number of aliphatic hydroxyl groups is 1. The molecule has 1 aliphatic carbocycles. The van der Waals surface area contributed by atoms with Crippen molar-refractivity contribution in [2.45, 2.75) is 37.8 Å². The van der Waals surface area contributed by atoms with Crippen LogP contribution in [0.25, 0.3) is 6.08 Å². The van der Waals surface area contributed by atoms with Crippen molar-refractivity contribution in [3.8, 4) is 0 Å². The van der Waals surface area contributed by atoms with E-state index in [0.29, 0.717) is 12.0 Å². The number of nitrogens with one attached hydrogen (secondary N) is 1. The molecule has 2 rings (SSSR count). The largest absolute Gasteiger partial charge is 0.391 e. The molecule has 2 N–H and O–H groups in total. The predicted molar refractivity (Wildman–Crippen MR) is 78.5 cm³/mol. The Bertz CT molecular complexity index is 556. The molecular formula is C15H18N2O4. The first kappa shape index (κ1) is 15.2. The number of carbonyl (C=O) groups is 1. The summed E-state index contributed by atoms with van der Waals surface area (Å²) in [5.74, 6) is -0.348. The van der Waals surface area contributed by atoms with Crippen LogP contribution >= 0.6 is 0 Å². The Morgan fingerprint density at radius 3 is 2.76 bits per heavy atom. The van der Waals surface area contributed by atoms with Gasteiger partial charge < -0.3 is 10.4 Å². The lowest BCUT2D eigenvalue weighted by molar-refractivity contribution is -0.385. The molecule has 0 spiro atoms. The van der Waals surface area contributed by atoms with Crippen molar-refractivity contribution in [2.75, 3.05) is 0 Å². The molecule has 0 saturated heterocycles. The maximum absolute atomic E-state index is 11.8. The van der Waals surface area contributed by atoms with Crippen LogP contribution in [0.15, 0.2) is 30.3 Å². The first-order valence-corrected chi connectivity index (χ1v) is 6.98. The van der Waals surface area contributed by atoms with Gasteiger partial charge in [-0.1, -0.05) is 25.0 Å². The summed E-state index contributed by atoms with van der Waals surface area (Å²) in [6.45, 7) is 0. The molecule has 1 aliphatic rings. The fourth-order valence-electron chi connectivity index (χ4n) is 2.47. The summed E-state index contributed by atoms with van der Waals surface area (Å²) < 4.78 is 0. The van der Waals surface area contributed by atoms with Crippen LogP contribution in [0.2, 0.25) is 0 Å². The van der Waals surface area contributed by atoms with Gasteiger partial charge in [0.15, 0.2) is 0 Å². The third-order valence-electron chi connectivity index (χ3n) is 3.60. The number of carbonyl (C=O) groups excluding carboxylic acids is 1. The second-order valence-electron chi connectivity index (χ2n) is 5.12. The number of amides is 1. The van der Waals surface area contributed by atoms with Gasteiger partial charge in [0.2, 0.25) is 5.91 Å². The lowest BCUT2D eigenvalue weighted by atomic mass is 9.92. The van der Waals surface area contributed by atoms with E-state index in [1.54, 1.807) is 18.2 Å². The highest BCUT2D eigenvalue weighted by molar-refractivity contribution is 5.92. The quantitative estimate of drug-likeness (QED) is 0.504. The van der Waals surface area contributed by atoms with E-state index in [1.165, 1.54) is 18.2 Å². The summed E-state index contributed by atoms with van der Waals surface area (Å²) in [7, 11) is 0. The predicted octanol–water partition coefficient (Wildman–Crippen LogP) is 2.03. The summed E-state index contributed by atoms with van der Waals surface area (Å²) in [5, 5.41) is 23.4. The van der Waals surface area contributed by atoms with Crippen LogP contribution in [0.4, 0.5) is 5.69 Å². The van der Waals surface area contributed by atoms with Crippen molar-refractivity contribution >= 4 is 17.7 Å². The Kier molecular flexibility index (Phi) is 5.05. The van der Waals surface area contributed by atoms with Crippen LogP contribution in [0, 0.1) is 10.1 Å². The molecule has 1 amide bonds. The normalized spacial score (nSPS) is 22.1. The number of para-hydroxylation sites is 1. The smallest absolute Gasteiger partial charge is 0.276 e. The molecule has 1 fully saturated rings. The summed E-state index contributed by atoms with van der Waals surface area (Å²) in [6.07, 6.45) is 5.58. The minimum absolute atomic E-state index is 0.0424. The van der Waals surface area contributed by atoms with Gasteiger partial charge in [-0.05, 0) is 25.0 Å². The Hall–Kier alpha value is -2.21. The van der Waals surface area contributed by atoms with E-state index >= 15 is 0 Å². The van der Waals surface area contributed by atoms with Crippen molar-refractivity contribution in [3.05, 3.63) is 46.0 Å². The molecule has 0 bridgehead atoms. The van der Waals surface area contributed by atoms with Crippen LogP contribution in [0.1, 0.15) is 31.2 Å². The number of nitro benzene ring substituents is 1. The lowest BCUT2D eigenvalue weighted by Crippen LogP contribution is -2.44. The number of hydrogen-bond acceptors (Lipinski definition) is 4. The van der Waals surface area contributed by atoms with E-state index in [9.17, 15) is 20.0 Å². The second-order valence-corrected chi connectivity index (χ2v) is 5.12. The standard InChI is InChI=1S/C15H18N2O4/c18-14-8-4-2-6-12(14)16-15(19)10-9-11-5-1-3-7-13(11)17(20)21/h1,3,5,7,9-10,12,14,18H,2,4,6,8H2,(H,16,19). The first-order chi connectivity index (χ1) is 10.1. The van der Waals surface area contributed by atoms with Gasteiger partial charge in [-0.15, -0.1) is 0 Å². The fourth-order valence-corrected chi connectivity index (χ4v) is 2.47. The Morgan fingerprint density at radius 2 is 2.05 bits per heavy atom. The minimum Gasteiger partial charge on any atom is -0.391 e. The van der Waals surface area contributed by atoms with Crippen LogP contribution in [0.5, 0.6) is 0 Å². The van der Waals surface area contributed by atoms with Crippen LogP contribution in [-0.2, 0) is 4.79 Å². The molecule has 1 saturated carbocycles. The third kappa shape index (κ3) is 4.13. The monoisotopic (exact) mass is 290 g/mol. The van der Waals surface area contributed by atoms with E-state index in [4.69, 9.17) is 0 Å². The zero-order chi connectivity index (χ0) is 15.2. The third-order valence-corrected chi connectivity index (χ3v) is 3.60. The van der Waals surface area contributed by atoms with Crippen LogP contribution in [-0.4, -0.2) is 28.1 Å². The number of nitro groups is 1. The van der Waals surface area contributed by atoms with Crippen LogP contribution in [0.3, 0.4) is 0 Å². The number of benzene rings is 1. The number of aliphatic hydroxyl groups excluding tert-OH is 1. The molecular weight excluding hydrogens is 272 g/mol. The molecule has 0 heterocycles. The highest BCUT2D eigenvalue weighted by Gasteiger charge is 2.23. The molecule has 0 aliphatic heterocycles. The Labute approximate surface area is 122 Å². The second kappa shape index (κ2) is 6.99. The number of rotatable bonds is 4. The van der Waals surface area contributed by atoms with Gasteiger partial charge in [-0.3, -0.25) is 14.9 Å². The molecule has 21 heavy (non-hydrogen) atoms. The number of hydrogen-bond donors (Lipinski definition) is 2. The van der Waals surface area contributed by atoms with Gasteiger partial charge in [-0.2, -0.15) is 0 Å². The van der Waals surface area contributed by atoms with Gasteiger partial charge in [0, 0.05) is 12.1 Å². The first-order valence-electron chi connectivity index (χ1n) is 6.98. The van der Waals surface area contributed by atoms with Gasteiger partial charge in [0.25, 0.3) is 5.69 Å². The Morgan fingerprint density at radius 1 is 1.33 bits per heavy atom. The van der Waals surface area contributed by atoms with E-state index in [0.717, 1.165) is 19.3 Å². The van der Waals surface area contributed by atoms with Crippen molar-refractivity contribution in [3.63, 3.8) is 0 Å². The summed E-state index contributed by atoms with van der Waals surface area (Å²) in [4.78, 5) is 22.2. The zero-order valence-corrected chi connectivity index (χ0v) is 11.6. The fraction of sp³-hybridized carbons (Fsp3) is 0.400. The molecule has 0 aromatic heterocycles. The average molecular weight is 290 g/mol. The maximum Gasteiger partial charge on any atom is 0.276 e. The minimum atomic E-state index is -0.512. The van der Waals surface area contributed by atoms with Crippen LogP contribution < -0.4 is 5.32 Å². The molecule has 1 aromatic rings. The van der Waals surface area contributed by atoms with Crippen molar-refractivity contribution < 1.29 is 14.8 Å². The van der Waals surface area contributed by atoms with Gasteiger partial charge in [0.05, 0.1) is 22.6 Å². The Balaban J connectivity index is 2.00. The molecule has 1 aromatic carbocycles. The number of nitrogens with zero attached hydrogens (tertiary/aromatic N) is 1.